The highest BCUT2D eigenvalue weighted by atomic mass is 15.0. The summed E-state index contributed by atoms with van der Waals surface area (Å²) in [6.07, 6.45) is 5.82. The van der Waals surface area contributed by atoms with Crippen LogP contribution in [0.3, 0.4) is 0 Å². The highest BCUT2D eigenvalue weighted by molar-refractivity contribution is 6.04. The second-order valence-corrected chi connectivity index (χ2v) is 4.75. The molecule has 3 atom stereocenters. The van der Waals surface area contributed by atoms with Gasteiger partial charge in [-0.25, -0.2) is 4.99 Å². The van der Waals surface area contributed by atoms with Gasteiger partial charge in [0, 0.05) is 11.6 Å². The van der Waals surface area contributed by atoms with Crippen molar-refractivity contribution in [2.75, 3.05) is 6.54 Å². The lowest BCUT2D eigenvalue weighted by molar-refractivity contribution is 0.414. The minimum Gasteiger partial charge on any atom is -0.265 e. The molecule has 0 N–H and O–H groups in total. The summed E-state index contributed by atoms with van der Waals surface area (Å²) in [6.45, 7) is 2.92. The molecule has 70 valence electrons. The van der Waals surface area contributed by atoms with Gasteiger partial charge in [0.1, 0.15) is 5.84 Å². The van der Waals surface area contributed by atoms with E-state index in [0.717, 1.165) is 30.1 Å². The summed E-state index contributed by atoms with van der Waals surface area (Å²) in [5, 5.41) is 0. The highest BCUT2D eigenvalue weighted by Crippen LogP contribution is 2.49. The minimum atomic E-state index is 0.806. The highest BCUT2D eigenvalue weighted by Gasteiger charge is 2.42. The molecule has 1 heterocycles. The largest absolute Gasteiger partial charge is 0.265 e. The first-order valence-electron chi connectivity index (χ1n) is 5.41. The number of rotatable bonds is 1. The van der Waals surface area contributed by atoms with Gasteiger partial charge in [-0.15, -0.1) is 0 Å². The second-order valence-electron chi connectivity index (χ2n) is 4.75. The summed E-state index contributed by atoms with van der Waals surface area (Å²) in [7, 11) is 0. The third-order valence-electron chi connectivity index (χ3n) is 3.94. The lowest BCUT2D eigenvalue weighted by Gasteiger charge is -2.20. The first kappa shape index (κ1) is 7.72. The normalized spacial score (nSPS) is 42.4. The smallest absolute Gasteiger partial charge is 0.120 e. The lowest BCUT2D eigenvalue weighted by Crippen LogP contribution is -2.21. The maximum absolute atomic E-state index is 4.56. The van der Waals surface area contributed by atoms with Gasteiger partial charge < -0.3 is 0 Å². The van der Waals surface area contributed by atoms with E-state index < -0.39 is 0 Å². The second kappa shape index (κ2) is 2.66. The Hall–Kier alpha value is -0.660. The average molecular weight is 176 g/mol. The standard InChI is InChI=1S/C11H16N2/c1-7-12-6-11(13-7)10-5-8-2-3-9(10)4-8/h8-10H,2-6H2,1H3. The summed E-state index contributed by atoms with van der Waals surface area (Å²) in [4.78, 5) is 8.91. The molecule has 2 nitrogen and oxygen atoms in total. The summed E-state index contributed by atoms with van der Waals surface area (Å²) in [5.41, 5.74) is 1.39. The zero-order valence-corrected chi connectivity index (χ0v) is 8.16. The first-order chi connectivity index (χ1) is 6.33. The van der Waals surface area contributed by atoms with E-state index in [2.05, 4.69) is 9.98 Å². The molecule has 0 saturated heterocycles. The maximum atomic E-state index is 4.56. The molecular formula is C11H16N2. The van der Waals surface area contributed by atoms with Crippen LogP contribution in [0, 0.1) is 17.8 Å². The van der Waals surface area contributed by atoms with Crippen LogP contribution >= 0.6 is 0 Å². The molecule has 2 fully saturated rings. The van der Waals surface area contributed by atoms with Gasteiger partial charge in [0.05, 0.1) is 6.54 Å². The topological polar surface area (TPSA) is 24.7 Å². The molecular weight excluding hydrogens is 160 g/mol. The Kier molecular flexibility index (Phi) is 1.58. The number of aliphatic imine (C=N–C) groups is 2. The van der Waals surface area contributed by atoms with E-state index in [9.17, 15) is 0 Å². The zero-order chi connectivity index (χ0) is 8.84. The lowest BCUT2D eigenvalue weighted by atomic mass is 9.85. The van der Waals surface area contributed by atoms with Crippen molar-refractivity contribution in [3.63, 3.8) is 0 Å². The summed E-state index contributed by atoms with van der Waals surface area (Å²) < 4.78 is 0. The monoisotopic (exact) mass is 176 g/mol. The first-order valence-corrected chi connectivity index (χ1v) is 5.41. The van der Waals surface area contributed by atoms with E-state index in [4.69, 9.17) is 0 Å². The Labute approximate surface area is 79.2 Å². The Bertz CT molecular complexity index is 290. The van der Waals surface area contributed by atoms with Crippen LogP contribution in [-0.4, -0.2) is 18.1 Å². The van der Waals surface area contributed by atoms with E-state index in [-0.39, 0.29) is 0 Å². The van der Waals surface area contributed by atoms with Gasteiger partial charge in [-0.3, -0.25) is 4.99 Å². The van der Waals surface area contributed by atoms with Gasteiger partial charge in [-0.1, -0.05) is 6.42 Å². The third-order valence-corrected chi connectivity index (χ3v) is 3.94. The molecule has 2 aliphatic carbocycles. The van der Waals surface area contributed by atoms with E-state index in [0.29, 0.717) is 0 Å². The molecule has 0 aromatic heterocycles. The average Bonchev–Trinajstić information content (AvgIpc) is 2.77. The van der Waals surface area contributed by atoms with Crippen molar-refractivity contribution in [2.24, 2.45) is 27.7 Å². The SMILES string of the molecule is CC1=NCC(C2CC3CCC2C3)=N1. The quantitative estimate of drug-likeness (QED) is 0.585. The molecule has 2 saturated carbocycles. The van der Waals surface area contributed by atoms with Crippen LogP contribution in [0.5, 0.6) is 0 Å². The third kappa shape index (κ3) is 1.15. The molecule has 0 amide bonds. The summed E-state index contributed by atoms with van der Waals surface area (Å²) >= 11 is 0. The fourth-order valence-corrected chi connectivity index (χ4v) is 3.33. The summed E-state index contributed by atoms with van der Waals surface area (Å²) in [6, 6.07) is 0. The molecule has 3 rings (SSSR count). The molecule has 13 heavy (non-hydrogen) atoms. The Balaban J connectivity index is 1.78. The van der Waals surface area contributed by atoms with E-state index in [1.807, 2.05) is 6.92 Å². The molecule has 2 heteroatoms. The number of amidine groups is 1. The van der Waals surface area contributed by atoms with Crippen molar-refractivity contribution in [2.45, 2.75) is 32.6 Å². The molecule has 0 aromatic rings. The number of fused-ring (bicyclic) bond motifs is 2. The van der Waals surface area contributed by atoms with Gasteiger partial charge in [0.15, 0.2) is 0 Å². The van der Waals surface area contributed by atoms with Gasteiger partial charge >= 0.3 is 0 Å². The van der Waals surface area contributed by atoms with Gasteiger partial charge in [0.25, 0.3) is 0 Å². The summed E-state index contributed by atoms with van der Waals surface area (Å²) in [5.74, 6) is 3.79. The van der Waals surface area contributed by atoms with Crippen molar-refractivity contribution in [3.05, 3.63) is 0 Å². The van der Waals surface area contributed by atoms with Crippen LogP contribution in [0.1, 0.15) is 32.6 Å². The molecule has 1 aliphatic heterocycles. The molecule has 0 aromatic carbocycles. The van der Waals surface area contributed by atoms with Gasteiger partial charge in [0.2, 0.25) is 0 Å². The van der Waals surface area contributed by atoms with E-state index in [1.54, 1.807) is 0 Å². The maximum Gasteiger partial charge on any atom is 0.120 e. The zero-order valence-electron chi connectivity index (χ0n) is 8.16. The van der Waals surface area contributed by atoms with Crippen LogP contribution in [0.4, 0.5) is 0 Å². The number of hydrogen-bond acceptors (Lipinski definition) is 2. The van der Waals surface area contributed by atoms with E-state index >= 15 is 0 Å². The predicted octanol–water partition coefficient (Wildman–Crippen LogP) is 2.30. The van der Waals surface area contributed by atoms with E-state index in [1.165, 1.54) is 31.4 Å². The molecule has 3 unspecified atom stereocenters. The predicted molar refractivity (Wildman–Crippen MR) is 54.3 cm³/mol. The molecule has 0 spiro atoms. The van der Waals surface area contributed by atoms with Crippen molar-refractivity contribution in [3.8, 4) is 0 Å². The molecule has 3 aliphatic rings. The van der Waals surface area contributed by atoms with Crippen molar-refractivity contribution < 1.29 is 0 Å². The van der Waals surface area contributed by atoms with Crippen LogP contribution < -0.4 is 0 Å². The van der Waals surface area contributed by atoms with Crippen molar-refractivity contribution in [1.82, 2.24) is 0 Å². The fraction of sp³-hybridized carbons (Fsp3) is 0.818. The van der Waals surface area contributed by atoms with Crippen LogP contribution in [0.2, 0.25) is 0 Å². The van der Waals surface area contributed by atoms with Crippen molar-refractivity contribution in [1.29, 1.82) is 0 Å². The molecule has 2 bridgehead atoms. The Morgan fingerprint density at radius 1 is 1.23 bits per heavy atom. The molecule has 0 radical (unpaired) electrons. The van der Waals surface area contributed by atoms with Crippen LogP contribution in [0.25, 0.3) is 0 Å². The van der Waals surface area contributed by atoms with Gasteiger partial charge in [-0.05, 0) is 38.0 Å². The van der Waals surface area contributed by atoms with Crippen LogP contribution in [-0.2, 0) is 0 Å². The minimum absolute atomic E-state index is 0.806. The Morgan fingerprint density at radius 3 is 2.69 bits per heavy atom. The number of nitrogens with zero attached hydrogens (tertiary/aromatic N) is 2. The fourth-order valence-electron chi connectivity index (χ4n) is 3.33. The Morgan fingerprint density at radius 2 is 2.15 bits per heavy atom. The number of hydrogen-bond donors (Lipinski definition) is 0. The van der Waals surface area contributed by atoms with Gasteiger partial charge in [-0.2, -0.15) is 0 Å². The van der Waals surface area contributed by atoms with Crippen LogP contribution in [0.15, 0.2) is 9.98 Å². The van der Waals surface area contributed by atoms with Crippen molar-refractivity contribution >= 4 is 11.5 Å².